The Bertz CT molecular complexity index is 3500. The van der Waals surface area contributed by atoms with Crippen molar-refractivity contribution in [2.24, 2.45) is 0 Å². The summed E-state index contributed by atoms with van der Waals surface area (Å²) >= 11 is 0. The van der Waals surface area contributed by atoms with Crippen molar-refractivity contribution in [3.63, 3.8) is 0 Å². The lowest BCUT2D eigenvalue weighted by atomic mass is 10.1. The normalized spacial score (nSPS) is 10.8. The van der Waals surface area contributed by atoms with E-state index in [2.05, 4.69) is 370 Å². The Kier molecular flexibility index (Phi) is 21.8. The number of aryl methyl sites for hydroxylation is 7. The molecule has 0 aromatic heterocycles. The summed E-state index contributed by atoms with van der Waals surface area (Å²) in [6, 6.07) is 116. The molecule has 0 amide bonds. The van der Waals surface area contributed by atoms with E-state index in [0.29, 0.717) is 0 Å². The first-order valence-electron chi connectivity index (χ1n) is 28.3. The van der Waals surface area contributed by atoms with Crippen LogP contribution in [0.4, 0.5) is 0 Å². The van der Waals surface area contributed by atoms with Gasteiger partial charge < -0.3 is 0 Å². The van der Waals surface area contributed by atoms with Crippen LogP contribution in [0.1, 0.15) is 38.9 Å². The summed E-state index contributed by atoms with van der Waals surface area (Å²) in [6.45, 7) is 15.2. The van der Waals surface area contributed by atoms with Crippen LogP contribution in [0.15, 0.2) is 380 Å². The molecule has 0 nitrogen and oxygen atoms in total. The van der Waals surface area contributed by atoms with Crippen molar-refractivity contribution >= 4 is 43.6 Å². The van der Waals surface area contributed by atoms with E-state index in [4.69, 9.17) is 0 Å². The maximum Gasteiger partial charge on any atom is 0.172 e. The summed E-state index contributed by atoms with van der Waals surface area (Å²) in [6.07, 6.45) is 0. The standard InChI is InChI=1S/2C21H21S.C19H17S.C18H15S/c1-16-4-10-19(11-5-16)22(20-12-6-17(2)7-13-20)21-14-8-18(3)9-15-21;1-16-14-17(2)21(18(3)15-16)22(19-10-6-4-7-11-19)20-12-8-5-9-13-20;1-16-12-14-19(15-13-16)20(17-8-4-2-5-9-17)18-10-6-3-7-11-18;1-4-10-16(11-5-1)19(17-12-6-2-7-13-17)18-14-8-3-9-15-18/h2*4-15H,1-3H3;2-15H,1H3;1-15H/q4*+1. The molecule has 0 radical (unpaired) electrons. The topological polar surface area (TPSA) is 0 Å². The van der Waals surface area contributed by atoms with E-state index in [-0.39, 0.29) is 43.6 Å². The van der Waals surface area contributed by atoms with Crippen molar-refractivity contribution in [1.29, 1.82) is 0 Å². The zero-order valence-electron chi connectivity index (χ0n) is 48.7. The number of benzene rings is 12. The third kappa shape index (κ3) is 16.6. The molecule has 83 heavy (non-hydrogen) atoms. The molecule has 0 bridgehead atoms. The molecule has 12 aromatic rings. The molecule has 0 unspecified atom stereocenters. The third-order valence-electron chi connectivity index (χ3n) is 13.7. The van der Waals surface area contributed by atoms with Crippen LogP contribution < -0.4 is 0 Å². The van der Waals surface area contributed by atoms with Gasteiger partial charge in [-0.25, -0.2) is 0 Å². The fraction of sp³-hybridized carbons (Fsp3) is 0.0886. The third-order valence-corrected chi connectivity index (χ3v) is 22.9. The highest BCUT2D eigenvalue weighted by Gasteiger charge is 2.33. The molecule has 0 saturated heterocycles. The van der Waals surface area contributed by atoms with Gasteiger partial charge in [-0.1, -0.05) is 216 Å². The molecule has 0 fully saturated rings. The molecule has 0 heterocycles. The SMILES string of the molecule is Cc1cc(C)c([S+](c2ccccc2)c2ccccc2)c(C)c1.Cc1ccc([S+](c2ccc(C)cc2)c2ccc(C)cc2)cc1.Cc1ccc([S+](c2ccccc2)c2ccccc2)cc1.c1ccc([S+](c2ccccc2)c2ccccc2)cc1. The van der Waals surface area contributed by atoms with Crippen LogP contribution in [-0.4, -0.2) is 0 Å². The molecule has 0 saturated carbocycles. The first-order valence-corrected chi connectivity index (χ1v) is 33.2. The zero-order chi connectivity index (χ0) is 57.8. The smallest absolute Gasteiger partial charge is 0.0619 e. The molecule has 0 aliphatic rings. The van der Waals surface area contributed by atoms with Crippen molar-refractivity contribution in [1.82, 2.24) is 0 Å². The molecule has 0 atom stereocenters. The maximum atomic E-state index is 2.30. The molecule has 0 spiro atoms. The van der Waals surface area contributed by atoms with Crippen LogP contribution in [0.25, 0.3) is 0 Å². The zero-order valence-corrected chi connectivity index (χ0v) is 52.0. The Labute approximate surface area is 507 Å². The van der Waals surface area contributed by atoms with Crippen molar-refractivity contribution in [3.8, 4) is 0 Å². The summed E-state index contributed by atoms with van der Waals surface area (Å²) in [4.78, 5) is 16.5. The van der Waals surface area contributed by atoms with Gasteiger partial charge in [-0.2, -0.15) is 0 Å². The van der Waals surface area contributed by atoms with E-state index in [9.17, 15) is 0 Å². The summed E-state index contributed by atoms with van der Waals surface area (Å²) in [5, 5.41) is 0. The van der Waals surface area contributed by atoms with Gasteiger partial charge in [0, 0.05) is 11.1 Å². The molecule has 0 N–H and O–H groups in total. The summed E-state index contributed by atoms with van der Waals surface area (Å²) in [5.41, 5.74) is 9.32. The van der Waals surface area contributed by atoms with Crippen LogP contribution in [0, 0.1) is 48.5 Å². The van der Waals surface area contributed by atoms with Crippen molar-refractivity contribution in [3.05, 3.63) is 360 Å². The van der Waals surface area contributed by atoms with Gasteiger partial charge in [0.1, 0.15) is 0 Å². The van der Waals surface area contributed by atoms with E-state index < -0.39 is 0 Å². The molecule has 4 heteroatoms. The molecule has 410 valence electrons. The van der Waals surface area contributed by atoms with Crippen LogP contribution in [0.5, 0.6) is 0 Å². The van der Waals surface area contributed by atoms with Gasteiger partial charge in [-0.05, 0) is 182 Å². The second kappa shape index (κ2) is 30.4. The van der Waals surface area contributed by atoms with Crippen LogP contribution in [0.2, 0.25) is 0 Å². The highest BCUT2D eigenvalue weighted by Crippen LogP contribution is 2.37. The fourth-order valence-electron chi connectivity index (χ4n) is 9.68. The van der Waals surface area contributed by atoms with Crippen molar-refractivity contribution in [2.75, 3.05) is 0 Å². The number of hydrogen-bond acceptors (Lipinski definition) is 0. The molecular formula is C79H74S4+4. The average molecular weight is 1150 g/mol. The minimum Gasteiger partial charge on any atom is -0.0619 e. The highest BCUT2D eigenvalue weighted by atomic mass is 32.2. The van der Waals surface area contributed by atoms with E-state index in [1.165, 1.54) is 97.7 Å². The van der Waals surface area contributed by atoms with Gasteiger partial charge in [0.2, 0.25) is 0 Å². The fourth-order valence-corrected chi connectivity index (χ4v) is 18.3. The highest BCUT2D eigenvalue weighted by molar-refractivity contribution is 7.98. The second-order valence-corrected chi connectivity index (χ2v) is 28.4. The monoisotopic (exact) mass is 1150 g/mol. The van der Waals surface area contributed by atoms with E-state index >= 15 is 0 Å². The lowest BCUT2D eigenvalue weighted by Crippen LogP contribution is -2.08. The van der Waals surface area contributed by atoms with Crippen LogP contribution >= 0.6 is 0 Å². The Morgan fingerprint density at radius 2 is 0.313 bits per heavy atom. The number of hydrogen-bond donors (Lipinski definition) is 0. The Hall–Kier alpha value is -7.96. The van der Waals surface area contributed by atoms with Gasteiger partial charge in [0.25, 0.3) is 0 Å². The minimum atomic E-state index is -0.0460. The van der Waals surface area contributed by atoms with Crippen LogP contribution in [-0.2, 0) is 43.6 Å². The van der Waals surface area contributed by atoms with E-state index in [0.717, 1.165) is 0 Å². The predicted molar refractivity (Wildman–Crippen MR) is 359 cm³/mol. The largest absolute Gasteiger partial charge is 0.172 e. The van der Waals surface area contributed by atoms with E-state index in [1.807, 2.05) is 0 Å². The van der Waals surface area contributed by atoms with E-state index in [1.54, 1.807) is 0 Å². The van der Waals surface area contributed by atoms with Crippen LogP contribution in [0.3, 0.4) is 0 Å². The first-order chi connectivity index (χ1) is 40.6. The Balaban J connectivity index is 0.000000133. The summed E-state index contributed by atoms with van der Waals surface area (Å²) < 4.78 is 0. The maximum absolute atomic E-state index is 2.30. The predicted octanol–water partition coefficient (Wildman–Crippen LogP) is 21.3. The molecule has 12 aromatic carbocycles. The quantitative estimate of drug-likeness (QED) is 0.107. The molecule has 0 aliphatic heterocycles. The van der Waals surface area contributed by atoms with Gasteiger partial charge in [-0.15, -0.1) is 0 Å². The van der Waals surface area contributed by atoms with Crippen molar-refractivity contribution < 1.29 is 0 Å². The first kappa shape index (κ1) is 59.7. The van der Waals surface area contributed by atoms with Crippen molar-refractivity contribution in [2.45, 2.75) is 107 Å². The molecule has 0 aliphatic carbocycles. The average Bonchev–Trinajstić information content (AvgIpc) is 3.62. The second-order valence-electron chi connectivity index (χ2n) is 20.4. The minimum absolute atomic E-state index is 0.0146. The Morgan fingerprint density at radius 1 is 0.157 bits per heavy atom. The number of rotatable bonds is 12. The molecule has 12 rings (SSSR count). The van der Waals surface area contributed by atoms with Gasteiger partial charge in [-0.3, -0.25) is 0 Å². The Morgan fingerprint density at radius 3 is 0.494 bits per heavy atom. The van der Waals surface area contributed by atoms with Gasteiger partial charge >= 0.3 is 0 Å². The molecular weight excluding hydrogens is 1080 g/mol. The summed E-state index contributed by atoms with van der Waals surface area (Å²) in [7, 11) is -0.123. The van der Waals surface area contributed by atoms with Gasteiger partial charge in [0.15, 0.2) is 58.7 Å². The summed E-state index contributed by atoms with van der Waals surface area (Å²) in [5.74, 6) is 0. The van der Waals surface area contributed by atoms with Gasteiger partial charge in [0.05, 0.1) is 43.6 Å². The lowest BCUT2D eigenvalue weighted by molar-refractivity contribution is 1.16. The lowest BCUT2D eigenvalue weighted by Gasteiger charge is -2.13.